The zero-order valence-electron chi connectivity index (χ0n) is 9.01. The Labute approximate surface area is 87.1 Å². The van der Waals surface area contributed by atoms with E-state index in [1.165, 1.54) is 43.7 Å². The van der Waals surface area contributed by atoms with Crippen molar-refractivity contribution in [2.75, 3.05) is 18.1 Å². The second kappa shape index (κ2) is 6.72. The average molecular weight is 201 g/mol. The molecule has 1 nitrogen and oxygen atoms in total. The van der Waals surface area contributed by atoms with Crippen molar-refractivity contribution >= 4 is 11.8 Å². The second-order valence-electron chi connectivity index (χ2n) is 3.97. The third-order valence-corrected chi connectivity index (χ3v) is 3.79. The summed E-state index contributed by atoms with van der Waals surface area (Å²) in [6.45, 7) is 5.71. The minimum atomic E-state index is 0.816. The van der Waals surface area contributed by atoms with E-state index >= 15 is 0 Å². The molecule has 0 saturated heterocycles. The van der Waals surface area contributed by atoms with Crippen LogP contribution in [-0.4, -0.2) is 24.1 Å². The number of hydrogen-bond donors (Lipinski definition) is 1. The van der Waals surface area contributed by atoms with Crippen LogP contribution in [0, 0.1) is 5.92 Å². The second-order valence-corrected chi connectivity index (χ2v) is 5.12. The first-order chi connectivity index (χ1) is 6.38. The van der Waals surface area contributed by atoms with Gasteiger partial charge in [0, 0.05) is 11.8 Å². The highest BCUT2D eigenvalue weighted by Gasteiger charge is 2.30. The van der Waals surface area contributed by atoms with E-state index in [2.05, 4.69) is 30.9 Å². The molecule has 0 aromatic heterocycles. The first kappa shape index (κ1) is 11.4. The average Bonchev–Trinajstić information content (AvgIpc) is 2.94. The van der Waals surface area contributed by atoms with Gasteiger partial charge in [0.15, 0.2) is 0 Å². The van der Waals surface area contributed by atoms with E-state index in [1.54, 1.807) is 0 Å². The van der Waals surface area contributed by atoms with Crippen molar-refractivity contribution in [3.05, 3.63) is 0 Å². The third-order valence-electron chi connectivity index (χ3n) is 2.49. The molecule has 0 aromatic rings. The van der Waals surface area contributed by atoms with Gasteiger partial charge in [-0.05, 0) is 43.9 Å². The van der Waals surface area contributed by atoms with E-state index < -0.39 is 0 Å². The van der Waals surface area contributed by atoms with Gasteiger partial charge < -0.3 is 5.32 Å². The SMILES string of the molecule is CCCNC(CSCCC)C1CC1. The first-order valence-electron chi connectivity index (χ1n) is 5.69. The molecule has 0 radical (unpaired) electrons. The Kier molecular flexibility index (Phi) is 5.88. The molecule has 0 aliphatic heterocycles. The van der Waals surface area contributed by atoms with Crippen molar-refractivity contribution in [1.82, 2.24) is 5.32 Å². The first-order valence-corrected chi connectivity index (χ1v) is 6.85. The Balaban J connectivity index is 2.06. The Morgan fingerprint density at radius 2 is 2.08 bits per heavy atom. The molecule has 0 spiro atoms. The van der Waals surface area contributed by atoms with Crippen LogP contribution in [0.2, 0.25) is 0 Å². The van der Waals surface area contributed by atoms with Gasteiger partial charge in [-0.15, -0.1) is 0 Å². The van der Waals surface area contributed by atoms with Crippen LogP contribution < -0.4 is 5.32 Å². The maximum Gasteiger partial charge on any atom is 0.0186 e. The van der Waals surface area contributed by atoms with Crippen LogP contribution in [0.1, 0.15) is 39.5 Å². The zero-order chi connectivity index (χ0) is 9.52. The summed E-state index contributed by atoms with van der Waals surface area (Å²) < 4.78 is 0. The molecule has 0 aromatic carbocycles. The fourth-order valence-corrected chi connectivity index (χ4v) is 2.64. The van der Waals surface area contributed by atoms with E-state index in [0.29, 0.717) is 0 Å². The minimum Gasteiger partial charge on any atom is -0.313 e. The summed E-state index contributed by atoms with van der Waals surface area (Å²) in [5.41, 5.74) is 0. The van der Waals surface area contributed by atoms with E-state index in [9.17, 15) is 0 Å². The fourth-order valence-electron chi connectivity index (χ4n) is 1.54. The summed E-state index contributed by atoms with van der Waals surface area (Å²) in [6, 6.07) is 0.816. The number of hydrogen-bond acceptors (Lipinski definition) is 2. The standard InChI is InChI=1S/C11H23NS/c1-3-7-12-11(10-5-6-10)9-13-8-4-2/h10-12H,3-9H2,1-2H3. The summed E-state index contributed by atoms with van der Waals surface area (Å²) in [4.78, 5) is 0. The quantitative estimate of drug-likeness (QED) is 0.606. The van der Waals surface area contributed by atoms with E-state index in [1.807, 2.05) is 0 Å². The van der Waals surface area contributed by atoms with Gasteiger partial charge in [-0.2, -0.15) is 11.8 Å². The van der Waals surface area contributed by atoms with Crippen molar-refractivity contribution in [2.45, 2.75) is 45.6 Å². The molecule has 1 aliphatic rings. The number of thioether (sulfide) groups is 1. The highest BCUT2D eigenvalue weighted by Crippen LogP contribution is 2.34. The van der Waals surface area contributed by atoms with Crippen LogP contribution in [0.5, 0.6) is 0 Å². The maximum absolute atomic E-state index is 3.67. The predicted molar refractivity (Wildman–Crippen MR) is 62.4 cm³/mol. The molecule has 1 fully saturated rings. The molecule has 2 heteroatoms. The van der Waals surface area contributed by atoms with Crippen LogP contribution in [-0.2, 0) is 0 Å². The van der Waals surface area contributed by atoms with Gasteiger partial charge in [-0.1, -0.05) is 13.8 Å². The normalized spacial score (nSPS) is 18.9. The summed E-state index contributed by atoms with van der Waals surface area (Å²) in [6.07, 6.45) is 5.51. The molecule has 0 bridgehead atoms. The van der Waals surface area contributed by atoms with Crippen molar-refractivity contribution < 1.29 is 0 Å². The molecule has 1 unspecified atom stereocenters. The molecule has 0 amide bonds. The Morgan fingerprint density at radius 1 is 1.31 bits per heavy atom. The van der Waals surface area contributed by atoms with Gasteiger partial charge in [-0.25, -0.2) is 0 Å². The number of nitrogens with one attached hydrogen (secondary N) is 1. The van der Waals surface area contributed by atoms with Crippen LogP contribution in [0.4, 0.5) is 0 Å². The topological polar surface area (TPSA) is 12.0 Å². The molecule has 1 atom stereocenters. The summed E-state index contributed by atoms with van der Waals surface area (Å²) in [7, 11) is 0. The summed E-state index contributed by atoms with van der Waals surface area (Å²) in [5.74, 6) is 3.67. The van der Waals surface area contributed by atoms with Gasteiger partial charge in [0.2, 0.25) is 0 Å². The monoisotopic (exact) mass is 201 g/mol. The molecule has 1 N–H and O–H groups in total. The Hall–Kier alpha value is 0.310. The van der Waals surface area contributed by atoms with Gasteiger partial charge >= 0.3 is 0 Å². The fraction of sp³-hybridized carbons (Fsp3) is 1.00. The van der Waals surface area contributed by atoms with Gasteiger partial charge in [0.05, 0.1) is 0 Å². The molecular weight excluding hydrogens is 178 g/mol. The molecule has 78 valence electrons. The lowest BCUT2D eigenvalue weighted by Gasteiger charge is -2.17. The molecule has 13 heavy (non-hydrogen) atoms. The highest BCUT2D eigenvalue weighted by atomic mass is 32.2. The number of rotatable bonds is 8. The lowest BCUT2D eigenvalue weighted by molar-refractivity contribution is 0.503. The Morgan fingerprint density at radius 3 is 2.62 bits per heavy atom. The van der Waals surface area contributed by atoms with Crippen molar-refractivity contribution in [3.8, 4) is 0 Å². The lowest BCUT2D eigenvalue weighted by atomic mass is 10.2. The largest absolute Gasteiger partial charge is 0.313 e. The van der Waals surface area contributed by atoms with Crippen LogP contribution in [0.25, 0.3) is 0 Å². The van der Waals surface area contributed by atoms with Crippen molar-refractivity contribution in [1.29, 1.82) is 0 Å². The van der Waals surface area contributed by atoms with Gasteiger partial charge in [0.1, 0.15) is 0 Å². The summed E-state index contributed by atoms with van der Waals surface area (Å²) >= 11 is 2.12. The van der Waals surface area contributed by atoms with Gasteiger partial charge in [0.25, 0.3) is 0 Å². The lowest BCUT2D eigenvalue weighted by Crippen LogP contribution is -2.34. The molecule has 1 aliphatic carbocycles. The summed E-state index contributed by atoms with van der Waals surface area (Å²) in [5, 5.41) is 3.67. The van der Waals surface area contributed by atoms with Crippen LogP contribution in [0.15, 0.2) is 0 Å². The van der Waals surface area contributed by atoms with E-state index in [4.69, 9.17) is 0 Å². The minimum absolute atomic E-state index is 0.816. The van der Waals surface area contributed by atoms with E-state index in [-0.39, 0.29) is 0 Å². The highest BCUT2D eigenvalue weighted by molar-refractivity contribution is 7.99. The molecule has 1 rings (SSSR count). The van der Waals surface area contributed by atoms with Crippen LogP contribution in [0.3, 0.4) is 0 Å². The van der Waals surface area contributed by atoms with E-state index in [0.717, 1.165) is 12.0 Å². The maximum atomic E-state index is 3.67. The predicted octanol–water partition coefficient (Wildman–Crippen LogP) is 2.91. The smallest absolute Gasteiger partial charge is 0.0186 e. The van der Waals surface area contributed by atoms with Crippen molar-refractivity contribution in [3.63, 3.8) is 0 Å². The molecular formula is C11H23NS. The molecule has 1 saturated carbocycles. The van der Waals surface area contributed by atoms with Crippen LogP contribution >= 0.6 is 11.8 Å². The van der Waals surface area contributed by atoms with Crippen molar-refractivity contribution in [2.24, 2.45) is 5.92 Å². The zero-order valence-corrected chi connectivity index (χ0v) is 9.83. The Bertz CT molecular complexity index is 123. The third kappa shape index (κ3) is 4.92. The molecule has 0 heterocycles. The van der Waals surface area contributed by atoms with Gasteiger partial charge in [-0.3, -0.25) is 0 Å².